The zero-order chi connectivity index (χ0) is 11.8. The van der Waals surface area contributed by atoms with Crippen molar-refractivity contribution < 1.29 is 0 Å². The number of rotatable bonds is 5. The molecule has 0 saturated carbocycles. The summed E-state index contributed by atoms with van der Waals surface area (Å²) in [6.45, 7) is 7.73. The lowest BCUT2D eigenvalue weighted by atomic mass is 10.0. The van der Waals surface area contributed by atoms with Crippen LogP contribution >= 0.6 is 0 Å². The Bertz CT molecular complexity index is 384. The molecule has 1 atom stereocenters. The fraction of sp³-hybridized carbons (Fsp3) is 0.571. The average molecular weight is 219 g/mol. The maximum atomic E-state index is 3.49. The van der Waals surface area contributed by atoms with Crippen LogP contribution in [-0.4, -0.2) is 13.6 Å². The minimum absolute atomic E-state index is 0.790. The van der Waals surface area contributed by atoms with Crippen LogP contribution in [0.2, 0.25) is 0 Å². The Kier molecular flexibility index (Phi) is 3.04. The smallest absolute Gasteiger partial charge is 0.174 e. The van der Waals surface area contributed by atoms with E-state index in [1.165, 1.54) is 29.8 Å². The fourth-order valence-corrected chi connectivity index (χ4v) is 2.32. The molecule has 2 nitrogen and oxygen atoms in total. The molecule has 1 aromatic carbocycles. The van der Waals surface area contributed by atoms with Crippen LogP contribution in [0.5, 0.6) is 0 Å². The molecule has 1 heterocycles. The maximum absolute atomic E-state index is 3.49. The summed E-state index contributed by atoms with van der Waals surface area (Å²) in [6.07, 6.45) is 2.49. The fourth-order valence-electron chi connectivity index (χ4n) is 2.32. The highest BCUT2D eigenvalue weighted by atomic mass is 15.7. The van der Waals surface area contributed by atoms with Gasteiger partial charge in [-0.15, -0.1) is 0 Å². The van der Waals surface area contributed by atoms with Gasteiger partial charge in [0.1, 0.15) is 0 Å². The van der Waals surface area contributed by atoms with Crippen molar-refractivity contribution in [1.29, 1.82) is 0 Å². The Morgan fingerprint density at radius 2 is 2.00 bits per heavy atom. The number of quaternary nitrogens is 1. The van der Waals surface area contributed by atoms with Crippen LogP contribution in [0.1, 0.15) is 32.8 Å². The molecule has 1 unspecified atom stereocenters. The van der Waals surface area contributed by atoms with Gasteiger partial charge in [-0.1, -0.05) is 19.9 Å². The molecule has 0 amide bonds. The molecule has 88 valence electrons. The molecule has 0 spiro atoms. The Morgan fingerprint density at radius 1 is 1.25 bits per heavy atom. The lowest BCUT2D eigenvalue weighted by Crippen LogP contribution is -2.40. The zero-order valence-corrected chi connectivity index (χ0v) is 10.9. The number of fused-ring (bicyclic) bond motifs is 1. The second kappa shape index (κ2) is 4.19. The molecule has 0 fully saturated rings. The highest BCUT2D eigenvalue weighted by Gasteiger charge is 2.49. The van der Waals surface area contributed by atoms with E-state index in [1.807, 2.05) is 0 Å². The topological polar surface area (TPSA) is 12.0 Å². The molecule has 0 aliphatic carbocycles. The minimum Gasteiger partial charge on any atom is -0.174 e. The second-order valence-corrected chi connectivity index (χ2v) is 5.27. The standard InChI is InChI=1S/C14H23N2/c1-5-15-16(4)13-9-8-12(10-14(13)16)7-6-11(2)3/h8-11,15H,5-7H2,1-4H3/q+1. The molecule has 1 aliphatic heterocycles. The van der Waals surface area contributed by atoms with Crippen molar-refractivity contribution in [3.8, 4) is 0 Å². The quantitative estimate of drug-likeness (QED) is 0.591. The zero-order valence-electron chi connectivity index (χ0n) is 10.9. The second-order valence-electron chi connectivity index (χ2n) is 5.27. The van der Waals surface area contributed by atoms with E-state index in [0.717, 1.165) is 17.1 Å². The van der Waals surface area contributed by atoms with Gasteiger partial charge >= 0.3 is 0 Å². The van der Waals surface area contributed by atoms with Gasteiger partial charge in [-0.2, -0.15) is 10.0 Å². The maximum Gasteiger partial charge on any atom is 0.221 e. The summed E-state index contributed by atoms with van der Waals surface area (Å²) in [6, 6.07) is 6.91. The normalized spacial score (nSPS) is 22.3. The molecular formula is C14H23N2+. The van der Waals surface area contributed by atoms with E-state index >= 15 is 0 Å². The number of benzene rings is 1. The minimum atomic E-state index is 0.790. The Hall–Kier alpha value is -0.860. The predicted molar refractivity (Wildman–Crippen MR) is 70.7 cm³/mol. The third-order valence-electron chi connectivity index (χ3n) is 3.44. The van der Waals surface area contributed by atoms with Crippen LogP contribution in [0, 0.1) is 5.92 Å². The van der Waals surface area contributed by atoms with Crippen molar-refractivity contribution in [1.82, 2.24) is 10.0 Å². The Labute approximate surface area is 98.8 Å². The number of hydrogen-bond donors (Lipinski definition) is 1. The molecule has 0 bridgehead atoms. The van der Waals surface area contributed by atoms with Crippen LogP contribution in [0.3, 0.4) is 0 Å². The molecule has 1 aromatic rings. The highest BCUT2D eigenvalue weighted by molar-refractivity contribution is 5.86. The summed E-state index contributed by atoms with van der Waals surface area (Å²) in [7, 11) is 2.22. The van der Waals surface area contributed by atoms with Crippen LogP contribution in [-0.2, 0) is 6.42 Å². The molecule has 16 heavy (non-hydrogen) atoms. The van der Waals surface area contributed by atoms with E-state index in [-0.39, 0.29) is 0 Å². The van der Waals surface area contributed by atoms with E-state index in [1.54, 1.807) is 0 Å². The summed E-state index contributed by atoms with van der Waals surface area (Å²) in [5.74, 6) is 0.790. The van der Waals surface area contributed by atoms with E-state index in [4.69, 9.17) is 0 Å². The van der Waals surface area contributed by atoms with Gasteiger partial charge in [0.05, 0.1) is 7.05 Å². The Morgan fingerprint density at radius 3 is 2.62 bits per heavy atom. The number of hydrogen-bond acceptors (Lipinski definition) is 1. The van der Waals surface area contributed by atoms with Gasteiger partial charge in [0, 0.05) is 18.7 Å². The van der Waals surface area contributed by atoms with Crippen molar-refractivity contribution >= 4 is 11.4 Å². The van der Waals surface area contributed by atoms with E-state index in [0.29, 0.717) is 0 Å². The molecule has 0 radical (unpaired) electrons. The molecule has 1 N–H and O–H groups in total. The third-order valence-corrected chi connectivity index (χ3v) is 3.44. The lowest BCUT2D eigenvalue weighted by Gasteiger charge is -2.10. The monoisotopic (exact) mass is 219 g/mol. The predicted octanol–water partition coefficient (Wildman–Crippen LogP) is 3.38. The van der Waals surface area contributed by atoms with Crippen molar-refractivity contribution in [2.75, 3.05) is 13.6 Å². The van der Waals surface area contributed by atoms with Crippen molar-refractivity contribution in [2.24, 2.45) is 5.92 Å². The van der Waals surface area contributed by atoms with Gasteiger partial charge in [-0.05, 0) is 31.2 Å². The van der Waals surface area contributed by atoms with E-state index in [9.17, 15) is 0 Å². The van der Waals surface area contributed by atoms with Crippen LogP contribution < -0.4 is 10.0 Å². The molecule has 0 aromatic heterocycles. The van der Waals surface area contributed by atoms with Gasteiger partial charge < -0.3 is 0 Å². The number of aryl methyl sites for hydroxylation is 1. The number of nitrogens with one attached hydrogen (secondary N) is 1. The van der Waals surface area contributed by atoms with Crippen molar-refractivity contribution in [2.45, 2.75) is 33.6 Å². The van der Waals surface area contributed by atoms with Gasteiger partial charge in [-0.25, -0.2) is 0 Å². The summed E-state index contributed by atoms with van der Waals surface area (Å²) in [5, 5.41) is 0. The van der Waals surface area contributed by atoms with Crippen LogP contribution in [0.25, 0.3) is 0 Å². The molecule has 1 aliphatic rings. The van der Waals surface area contributed by atoms with Gasteiger partial charge in [-0.3, -0.25) is 0 Å². The Balaban J connectivity index is 2.04. The van der Waals surface area contributed by atoms with Gasteiger partial charge in [0.2, 0.25) is 11.4 Å². The summed E-state index contributed by atoms with van der Waals surface area (Å²) in [4.78, 5) is 0. The van der Waals surface area contributed by atoms with Crippen LogP contribution in [0.4, 0.5) is 11.4 Å². The van der Waals surface area contributed by atoms with Gasteiger partial charge in [0.15, 0.2) is 0 Å². The first-order chi connectivity index (χ1) is 7.58. The first-order valence-corrected chi connectivity index (χ1v) is 6.33. The van der Waals surface area contributed by atoms with Crippen molar-refractivity contribution in [3.63, 3.8) is 0 Å². The average Bonchev–Trinajstić information content (AvgIpc) is 2.81. The van der Waals surface area contributed by atoms with Gasteiger partial charge in [0.25, 0.3) is 0 Å². The molecule has 0 saturated heterocycles. The van der Waals surface area contributed by atoms with Crippen molar-refractivity contribution in [3.05, 3.63) is 23.8 Å². The molecular weight excluding hydrogens is 196 g/mol. The molecule has 2 heteroatoms. The SMILES string of the molecule is CCN[N+]1(C)c2ccc(CCC(C)C)cc21. The van der Waals surface area contributed by atoms with E-state index in [2.05, 4.69) is 51.4 Å². The first-order valence-electron chi connectivity index (χ1n) is 6.33. The largest absolute Gasteiger partial charge is 0.221 e. The third kappa shape index (κ3) is 2.00. The number of nitrogens with zero attached hydrogens (tertiary/aromatic N) is 1. The summed E-state index contributed by atoms with van der Waals surface area (Å²) < 4.78 is 0.845. The lowest BCUT2D eigenvalue weighted by molar-refractivity contribution is 0.415. The highest BCUT2D eigenvalue weighted by Crippen LogP contribution is 2.52. The molecule has 2 rings (SSSR count). The summed E-state index contributed by atoms with van der Waals surface area (Å²) in [5.41, 5.74) is 7.84. The summed E-state index contributed by atoms with van der Waals surface area (Å²) >= 11 is 0. The first kappa shape index (κ1) is 11.6. The van der Waals surface area contributed by atoms with E-state index < -0.39 is 0 Å². The van der Waals surface area contributed by atoms with Crippen LogP contribution in [0.15, 0.2) is 18.2 Å².